The van der Waals surface area contributed by atoms with Gasteiger partial charge in [-0.1, -0.05) is 24.3 Å². The van der Waals surface area contributed by atoms with Gasteiger partial charge < -0.3 is 4.90 Å². The number of rotatable bonds is 3. The van der Waals surface area contributed by atoms with Crippen molar-refractivity contribution in [3.8, 4) is 0 Å². The first kappa shape index (κ1) is 15.2. The molecule has 112 valence electrons. The lowest BCUT2D eigenvalue weighted by molar-refractivity contribution is -0.129. The number of carbonyl (C=O) groups excluding carboxylic acids is 2. The quantitative estimate of drug-likeness (QED) is 0.904. The van der Waals surface area contributed by atoms with Gasteiger partial charge in [0.25, 0.3) is 0 Å². The molecule has 0 aliphatic carbocycles. The Morgan fingerprint density at radius 2 is 1.95 bits per heavy atom. The third kappa shape index (κ3) is 3.69. The highest BCUT2D eigenvalue weighted by atomic mass is 32.2. The Kier molecular flexibility index (Phi) is 4.13. The monoisotopic (exact) mass is 308 g/mol. The number of fused-ring (bicyclic) bond motifs is 1. The van der Waals surface area contributed by atoms with E-state index in [1.165, 1.54) is 11.8 Å². The second kappa shape index (κ2) is 5.69. The van der Waals surface area contributed by atoms with Gasteiger partial charge in [0.05, 0.1) is 18.7 Å². The molecule has 0 bridgehead atoms. The van der Waals surface area contributed by atoms with Crippen molar-refractivity contribution in [2.75, 3.05) is 6.26 Å². The van der Waals surface area contributed by atoms with Crippen molar-refractivity contribution < 1.29 is 18.0 Å². The maximum Gasteiger partial charge on any atom is 0.235 e. The molecule has 2 amide bonds. The smallest absolute Gasteiger partial charge is 0.235 e. The molecule has 1 heterocycles. The van der Waals surface area contributed by atoms with Gasteiger partial charge in [0, 0.05) is 13.1 Å². The van der Waals surface area contributed by atoms with Crippen LogP contribution in [0.4, 0.5) is 0 Å². The van der Waals surface area contributed by atoms with Crippen molar-refractivity contribution in [1.82, 2.24) is 9.62 Å². The van der Waals surface area contributed by atoms with Crippen LogP contribution in [0.5, 0.6) is 0 Å². The molecule has 1 N–H and O–H groups in total. The molecule has 0 fully saturated rings. The first-order chi connectivity index (χ1) is 9.78. The lowest BCUT2D eigenvalue weighted by atomic mass is 9.94. The zero-order chi connectivity index (χ0) is 15.6. The first-order valence-corrected chi connectivity index (χ1v) is 8.24. The van der Waals surface area contributed by atoms with E-state index in [1.807, 2.05) is 29.0 Å². The summed E-state index contributed by atoms with van der Waals surface area (Å²) in [7, 11) is -3.61. The van der Waals surface area contributed by atoms with Crippen LogP contribution in [-0.2, 0) is 19.6 Å². The van der Waals surface area contributed by atoms with Crippen LogP contribution in [0.3, 0.4) is 0 Å². The molecule has 1 aromatic carbocycles. The van der Waals surface area contributed by atoms with Crippen LogP contribution in [0, 0.1) is 0 Å². The topological polar surface area (TPSA) is 83.6 Å². The average molecular weight is 308 g/mol. The number of nitrogens with one attached hydrogen (secondary N) is 1. The van der Waals surface area contributed by atoms with E-state index in [0.29, 0.717) is 0 Å². The summed E-state index contributed by atoms with van der Waals surface area (Å²) in [5, 5.41) is 0. The van der Waals surface area contributed by atoms with Crippen molar-refractivity contribution in [2.24, 2.45) is 0 Å². The molecule has 0 saturated carbocycles. The molecular weight excluding hydrogens is 292 g/mol. The fraction of sp³-hybridized carbons (Fsp3) is 0.286. The van der Waals surface area contributed by atoms with Gasteiger partial charge in [0.1, 0.15) is 0 Å². The minimum Gasteiger partial charge on any atom is -0.311 e. The average Bonchev–Trinajstić information content (AvgIpc) is 2.36. The van der Waals surface area contributed by atoms with Crippen LogP contribution in [0.1, 0.15) is 30.5 Å². The van der Waals surface area contributed by atoms with Crippen molar-refractivity contribution >= 4 is 27.9 Å². The van der Waals surface area contributed by atoms with E-state index in [4.69, 9.17) is 0 Å². The van der Waals surface area contributed by atoms with E-state index in [9.17, 15) is 18.0 Å². The van der Waals surface area contributed by atoms with E-state index in [2.05, 4.69) is 0 Å². The number of hydrogen-bond acceptors (Lipinski definition) is 4. The highest BCUT2D eigenvalue weighted by Gasteiger charge is 2.28. The molecule has 2 rings (SSSR count). The summed E-state index contributed by atoms with van der Waals surface area (Å²) < 4.78 is 24.2. The normalized spacial score (nSPS) is 17.2. The van der Waals surface area contributed by atoms with Crippen LogP contribution < -0.4 is 4.72 Å². The number of nitrogens with zero attached hydrogens (tertiary/aromatic N) is 1. The number of hydrogen-bond donors (Lipinski definition) is 1. The Morgan fingerprint density at radius 3 is 2.57 bits per heavy atom. The molecule has 0 spiro atoms. The van der Waals surface area contributed by atoms with Crippen LogP contribution in [0.25, 0.3) is 6.08 Å². The summed E-state index contributed by atoms with van der Waals surface area (Å²) in [6.45, 7) is 1.40. The SMILES string of the molecule is CC(=O)N1C=Cc2ccccc2C1CC(=O)NS(C)(=O)=O. The fourth-order valence-corrected chi connectivity index (χ4v) is 2.83. The first-order valence-electron chi connectivity index (χ1n) is 6.34. The predicted octanol–water partition coefficient (Wildman–Crippen LogP) is 1.03. The van der Waals surface area contributed by atoms with Gasteiger partial charge in [-0.05, 0) is 17.2 Å². The minimum atomic E-state index is -3.61. The highest BCUT2D eigenvalue weighted by molar-refractivity contribution is 7.89. The summed E-state index contributed by atoms with van der Waals surface area (Å²) in [6.07, 6.45) is 4.21. The van der Waals surface area contributed by atoms with Crippen molar-refractivity contribution in [1.29, 1.82) is 0 Å². The minimum absolute atomic E-state index is 0.117. The highest BCUT2D eigenvalue weighted by Crippen LogP contribution is 2.32. The molecule has 0 saturated heterocycles. The Hall–Kier alpha value is -2.15. The predicted molar refractivity (Wildman–Crippen MR) is 78.3 cm³/mol. The zero-order valence-corrected chi connectivity index (χ0v) is 12.6. The van der Waals surface area contributed by atoms with E-state index < -0.39 is 22.0 Å². The van der Waals surface area contributed by atoms with Crippen LogP contribution in [-0.4, -0.2) is 31.4 Å². The maximum absolute atomic E-state index is 11.9. The van der Waals surface area contributed by atoms with Crippen molar-refractivity contribution in [3.63, 3.8) is 0 Å². The summed E-state index contributed by atoms with van der Waals surface area (Å²) in [5.74, 6) is -0.850. The van der Waals surface area contributed by atoms with Gasteiger partial charge in [-0.25, -0.2) is 8.42 Å². The Morgan fingerprint density at radius 1 is 1.29 bits per heavy atom. The third-order valence-electron chi connectivity index (χ3n) is 3.15. The van der Waals surface area contributed by atoms with Gasteiger partial charge in [-0.2, -0.15) is 0 Å². The summed E-state index contributed by atoms with van der Waals surface area (Å²) in [6, 6.07) is 6.88. The largest absolute Gasteiger partial charge is 0.311 e. The van der Waals surface area contributed by atoms with E-state index in [-0.39, 0.29) is 12.3 Å². The lowest BCUT2D eigenvalue weighted by Gasteiger charge is -2.32. The number of sulfonamides is 1. The van der Waals surface area contributed by atoms with Gasteiger partial charge in [-0.3, -0.25) is 14.3 Å². The molecule has 1 aromatic rings. The standard InChI is InChI=1S/C14H16N2O4S/c1-10(17)16-8-7-11-5-3-4-6-12(11)13(16)9-14(18)15-21(2,19)20/h3-8,13H,9H2,1-2H3,(H,15,18). The molecule has 21 heavy (non-hydrogen) atoms. The molecule has 1 aliphatic heterocycles. The molecule has 0 aromatic heterocycles. The molecule has 1 aliphatic rings. The van der Waals surface area contributed by atoms with Gasteiger partial charge in [0.15, 0.2) is 0 Å². The van der Waals surface area contributed by atoms with E-state index in [0.717, 1.165) is 17.4 Å². The van der Waals surface area contributed by atoms with Crippen LogP contribution in [0.15, 0.2) is 30.5 Å². The molecule has 6 nitrogen and oxygen atoms in total. The van der Waals surface area contributed by atoms with E-state index >= 15 is 0 Å². The Labute approximate surface area is 123 Å². The summed E-state index contributed by atoms with van der Waals surface area (Å²) in [4.78, 5) is 25.0. The summed E-state index contributed by atoms with van der Waals surface area (Å²) >= 11 is 0. The van der Waals surface area contributed by atoms with Gasteiger partial charge in [0.2, 0.25) is 21.8 Å². The maximum atomic E-state index is 11.9. The number of carbonyl (C=O) groups is 2. The molecule has 1 atom stereocenters. The van der Waals surface area contributed by atoms with Crippen molar-refractivity contribution in [2.45, 2.75) is 19.4 Å². The van der Waals surface area contributed by atoms with Gasteiger partial charge >= 0.3 is 0 Å². The number of benzene rings is 1. The Bertz CT molecular complexity index is 709. The molecule has 7 heteroatoms. The molecule has 1 unspecified atom stereocenters. The summed E-state index contributed by atoms with van der Waals surface area (Å²) in [5.41, 5.74) is 1.73. The second-order valence-electron chi connectivity index (χ2n) is 4.89. The third-order valence-corrected chi connectivity index (χ3v) is 3.75. The van der Waals surface area contributed by atoms with Crippen LogP contribution in [0.2, 0.25) is 0 Å². The lowest BCUT2D eigenvalue weighted by Crippen LogP contribution is -2.36. The second-order valence-corrected chi connectivity index (χ2v) is 6.64. The van der Waals surface area contributed by atoms with E-state index in [1.54, 1.807) is 12.3 Å². The fourth-order valence-electron chi connectivity index (χ4n) is 2.34. The Balaban J connectivity index is 2.31. The van der Waals surface area contributed by atoms with Crippen molar-refractivity contribution in [3.05, 3.63) is 41.6 Å². The van der Waals surface area contributed by atoms with Crippen LogP contribution >= 0.6 is 0 Å². The molecule has 0 radical (unpaired) electrons. The van der Waals surface area contributed by atoms with Gasteiger partial charge in [-0.15, -0.1) is 0 Å². The zero-order valence-electron chi connectivity index (χ0n) is 11.7. The number of amides is 2. The molecular formula is C14H16N2O4S.